The Bertz CT molecular complexity index is 824. The van der Waals surface area contributed by atoms with E-state index in [1.54, 1.807) is 24.0 Å². The van der Waals surface area contributed by atoms with E-state index in [0.717, 1.165) is 11.1 Å². The Morgan fingerprint density at radius 2 is 1.46 bits per heavy atom. The maximum absolute atomic E-state index is 13.1. The zero-order chi connectivity index (χ0) is 20.7. The number of hydrogen-bond acceptors (Lipinski definition) is 2. The number of rotatable bonds is 8. The summed E-state index contributed by atoms with van der Waals surface area (Å²) in [4.78, 5) is 27.3. The SMILES string of the molecule is CC(C)CNC(=O)C(C)N(Cc1ccccc1Cl)C(=O)Cc1ccccc1Cl. The molecule has 28 heavy (non-hydrogen) atoms. The largest absolute Gasteiger partial charge is 0.354 e. The fraction of sp³-hybridized carbons (Fsp3) is 0.364. The molecule has 0 saturated heterocycles. The van der Waals surface area contributed by atoms with Gasteiger partial charge >= 0.3 is 0 Å². The van der Waals surface area contributed by atoms with E-state index in [0.29, 0.717) is 22.5 Å². The van der Waals surface area contributed by atoms with E-state index in [9.17, 15) is 9.59 Å². The summed E-state index contributed by atoms with van der Waals surface area (Å²) < 4.78 is 0. The monoisotopic (exact) mass is 420 g/mol. The van der Waals surface area contributed by atoms with Crippen molar-refractivity contribution in [2.45, 2.75) is 39.8 Å². The Morgan fingerprint density at radius 1 is 0.929 bits per heavy atom. The molecular weight excluding hydrogens is 395 g/mol. The molecule has 0 fully saturated rings. The molecule has 2 aromatic rings. The van der Waals surface area contributed by atoms with Gasteiger partial charge in [0.2, 0.25) is 11.8 Å². The van der Waals surface area contributed by atoms with Crippen molar-refractivity contribution >= 4 is 35.0 Å². The van der Waals surface area contributed by atoms with Crippen LogP contribution >= 0.6 is 23.2 Å². The number of nitrogens with one attached hydrogen (secondary N) is 1. The number of carbonyl (C=O) groups is 2. The normalized spacial score (nSPS) is 11.9. The van der Waals surface area contributed by atoms with Crippen LogP contribution in [0.15, 0.2) is 48.5 Å². The van der Waals surface area contributed by atoms with Gasteiger partial charge in [0.15, 0.2) is 0 Å². The molecule has 1 unspecified atom stereocenters. The van der Waals surface area contributed by atoms with Gasteiger partial charge < -0.3 is 10.2 Å². The third-order valence-corrected chi connectivity index (χ3v) is 5.19. The molecule has 0 aliphatic rings. The van der Waals surface area contributed by atoms with Gasteiger partial charge in [0.1, 0.15) is 6.04 Å². The minimum Gasteiger partial charge on any atom is -0.354 e. The van der Waals surface area contributed by atoms with Crippen LogP contribution in [0.1, 0.15) is 31.9 Å². The number of nitrogens with zero attached hydrogens (tertiary/aromatic N) is 1. The van der Waals surface area contributed by atoms with Crippen molar-refractivity contribution in [3.05, 3.63) is 69.7 Å². The molecule has 0 aliphatic carbocycles. The standard InChI is InChI=1S/C22H26Cl2N2O2/c1-15(2)13-25-22(28)16(3)26(14-18-9-5-7-11-20(18)24)21(27)12-17-8-4-6-10-19(17)23/h4-11,15-16H,12-14H2,1-3H3,(H,25,28). The van der Waals surface area contributed by atoms with Gasteiger partial charge in [-0.05, 0) is 36.1 Å². The molecule has 2 amide bonds. The first kappa shape index (κ1) is 22.3. The van der Waals surface area contributed by atoms with E-state index in [2.05, 4.69) is 5.32 Å². The summed E-state index contributed by atoms with van der Waals surface area (Å²) in [5.74, 6) is -0.0412. The van der Waals surface area contributed by atoms with Crippen LogP contribution < -0.4 is 5.32 Å². The summed E-state index contributed by atoms with van der Waals surface area (Å²) in [5, 5.41) is 4.00. The van der Waals surface area contributed by atoms with Crippen LogP contribution in [-0.4, -0.2) is 29.3 Å². The number of halogens is 2. The van der Waals surface area contributed by atoms with E-state index in [1.807, 2.05) is 50.2 Å². The minimum absolute atomic E-state index is 0.117. The average Bonchev–Trinajstić information content (AvgIpc) is 2.66. The fourth-order valence-electron chi connectivity index (χ4n) is 2.75. The van der Waals surface area contributed by atoms with Crippen LogP contribution in [0.3, 0.4) is 0 Å². The second kappa shape index (κ2) is 10.5. The molecule has 4 nitrogen and oxygen atoms in total. The minimum atomic E-state index is -0.634. The Labute approximate surface area is 176 Å². The van der Waals surface area contributed by atoms with E-state index < -0.39 is 6.04 Å². The summed E-state index contributed by atoms with van der Waals surface area (Å²) in [7, 11) is 0. The number of hydrogen-bond donors (Lipinski definition) is 1. The van der Waals surface area contributed by atoms with Crippen LogP contribution in [0.25, 0.3) is 0 Å². The van der Waals surface area contributed by atoms with Gasteiger partial charge in [-0.2, -0.15) is 0 Å². The van der Waals surface area contributed by atoms with Gasteiger partial charge in [0, 0.05) is 23.1 Å². The third kappa shape index (κ3) is 6.25. The predicted molar refractivity (Wildman–Crippen MR) is 114 cm³/mol. The molecule has 0 saturated carbocycles. The van der Waals surface area contributed by atoms with E-state index >= 15 is 0 Å². The van der Waals surface area contributed by atoms with Crippen LogP contribution in [0, 0.1) is 5.92 Å². The van der Waals surface area contributed by atoms with Gasteiger partial charge in [-0.25, -0.2) is 0 Å². The molecule has 0 bridgehead atoms. The van der Waals surface area contributed by atoms with Crippen molar-refractivity contribution < 1.29 is 9.59 Å². The Morgan fingerprint density at radius 3 is 2.00 bits per heavy atom. The molecule has 2 rings (SSSR count). The highest BCUT2D eigenvalue weighted by atomic mass is 35.5. The number of benzene rings is 2. The van der Waals surface area contributed by atoms with Crippen molar-refractivity contribution in [1.29, 1.82) is 0 Å². The van der Waals surface area contributed by atoms with Gasteiger partial charge in [-0.15, -0.1) is 0 Å². The van der Waals surface area contributed by atoms with Crippen LogP contribution in [0.4, 0.5) is 0 Å². The first-order valence-corrected chi connectivity index (χ1v) is 10.1. The van der Waals surface area contributed by atoms with Gasteiger partial charge in [-0.3, -0.25) is 9.59 Å². The maximum Gasteiger partial charge on any atom is 0.242 e. The summed E-state index contributed by atoms with van der Waals surface area (Å²) in [6.07, 6.45) is 0.117. The quantitative estimate of drug-likeness (QED) is 0.670. The second-order valence-electron chi connectivity index (χ2n) is 7.20. The first-order chi connectivity index (χ1) is 13.3. The first-order valence-electron chi connectivity index (χ1n) is 9.33. The Kier molecular flexibility index (Phi) is 8.34. The lowest BCUT2D eigenvalue weighted by atomic mass is 10.1. The lowest BCUT2D eigenvalue weighted by molar-refractivity contribution is -0.140. The molecule has 1 N–H and O–H groups in total. The molecule has 1 atom stereocenters. The van der Waals surface area contributed by atoms with Crippen molar-refractivity contribution in [3.8, 4) is 0 Å². The molecule has 2 aromatic carbocycles. The average molecular weight is 421 g/mol. The van der Waals surface area contributed by atoms with E-state index in [4.69, 9.17) is 23.2 Å². The Hall–Kier alpha value is -2.04. The highest BCUT2D eigenvalue weighted by molar-refractivity contribution is 6.31. The molecule has 0 aliphatic heterocycles. The van der Waals surface area contributed by atoms with Gasteiger partial charge in [0.05, 0.1) is 6.42 Å². The van der Waals surface area contributed by atoms with Crippen molar-refractivity contribution in [2.24, 2.45) is 5.92 Å². The lowest BCUT2D eigenvalue weighted by Crippen LogP contribution is -2.48. The fourth-order valence-corrected chi connectivity index (χ4v) is 3.15. The summed E-state index contributed by atoms with van der Waals surface area (Å²) in [6, 6.07) is 13.9. The third-order valence-electron chi connectivity index (χ3n) is 4.45. The predicted octanol–water partition coefficient (Wildman–Crippen LogP) is 4.73. The van der Waals surface area contributed by atoms with Crippen LogP contribution in [0.5, 0.6) is 0 Å². The number of amides is 2. The van der Waals surface area contributed by atoms with Crippen molar-refractivity contribution in [1.82, 2.24) is 10.2 Å². The Balaban J connectivity index is 2.24. The smallest absolute Gasteiger partial charge is 0.242 e. The van der Waals surface area contributed by atoms with Crippen LogP contribution in [0.2, 0.25) is 10.0 Å². The van der Waals surface area contributed by atoms with E-state index in [-0.39, 0.29) is 24.8 Å². The topological polar surface area (TPSA) is 49.4 Å². The molecule has 0 aromatic heterocycles. The van der Waals surface area contributed by atoms with Gasteiger partial charge in [-0.1, -0.05) is 73.4 Å². The highest BCUT2D eigenvalue weighted by Gasteiger charge is 2.27. The lowest BCUT2D eigenvalue weighted by Gasteiger charge is -2.29. The maximum atomic E-state index is 13.1. The van der Waals surface area contributed by atoms with Crippen molar-refractivity contribution in [3.63, 3.8) is 0 Å². The summed E-state index contributed by atoms with van der Waals surface area (Å²) in [6.45, 7) is 6.59. The zero-order valence-electron chi connectivity index (χ0n) is 16.4. The highest BCUT2D eigenvalue weighted by Crippen LogP contribution is 2.21. The summed E-state index contributed by atoms with van der Waals surface area (Å²) in [5.41, 5.74) is 1.52. The van der Waals surface area contributed by atoms with E-state index in [1.165, 1.54) is 0 Å². The molecule has 0 heterocycles. The van der Waals surface area contributed by atoms with Gasteiger partial charge in [0.25, 0.3) is 0 Å². The summed E-state index contributed by atoms with van der Waals surface area (Å²) >= 11 is 12.5. The number of carbonyl (C=O) groups excluding carboxylic acids is 2. The molecular formula is C22H26Cl2N2O2. The molecule has 150 valence electrons. The molecule has 0 spiro atoms. The molecule has 0 radical (unpaired) electrons. The molecule has 6 heteroatoms. The second-order valence-corrected chi connectivity index (χ2v) is 8.01. The zero-order valence-corrected chi connectivity index (χ0v) is 17.9. The van der Waals surface area contributed by atoms with Crippen LogP contribution in [-0.2, 0) is 22.6 Å². The van der Waals surface area contributed by atoms with Crippen molar-refractivity contribution in [2.75, 3.05) is 6.54 Å².